The number of hydrogen-bond acceptors (Lipinski definition) is 8. The van der Waals surface area contributed by atoms with Crippen molar-refractivity contribution in [3.8, 4) is 0 Å². The number of esters is 2. The molecule has 8 nitrogen and oxygen atoms in total. The molecular formula is C58H82O8. The van der Waals surface area contributed by atoms with Crippen molar-refractivity contribution >= 4 is 11.9 Å². The van der Waals surface area contributed by atoms with Gasteiger partial charge in [0.1, 0.15) is 12.2 Å². The zero-order chi connectivity index (χ0) is 46.1. The molecule has 0 unspecified atom stereocenters. The van der Waals surface area contributed by atoms with Crippen LogP contribution < -0.4 is 0 Å². The molecule has 4 saturated carbocycles. The van der Waals surface area contributed by atoms with Crippen LogP contribution in [0.25, 0.3) is 0 Å². The quantitative estimate of drug-likeness (QED) is 0.204. The Morgan fingerprint density at radius 1 is 0.576 bits per heavy atom. The Bertz CT molecular complexity index is 2030. The van der Waals surface area contributed by atoms with Crippen molar-refractivity contribution in [2.45, 2.75) is 208 Å². The molecule has 8 fully saturated rings. The molecule has 4 heterocycles. The number of hydrogen-bond donors (Lipinski definition) is 0. The van der Waals surface area contributed by atoms with Gasteiger partial charge in [0.15, 0.2) is 11.6 Å². The van der Waals surface area contributed by atoms with Crippen LogP contribution in [0.5, 0.6) is 0 Å². The van der Waals surface area contributed by atoms with Gasteiger partial charge < -0.3 is 28.4 Å². The van der Waals surface area contributed by atoms with Gasteiger partial charge in [0.25, 0.3) is 0 Å². The summed E-state index contributed by atoms with van der Waals surface area (Å²) in [6.45, 7) is 24.8. The summed E-state index contributed by atoms with van der Waals surface area (Å²) in [4.78, 5) is 25.1. The van der Waals surface area contributed by atoms with Crippen LogP contribution in [0.3, 0.4) is 0 Å². The van der Waals surface area contributed by atoms with Crippen LogP contribution >= 0.6 is 0 Å². The van der Waals surface area contributed by atoms with Crippen LogP contribution in [0.4, 0.5) is 0 Å². The molecule has 0 aromatic rings. The third-order valence-corrected chi connectivity index (χ3v) is 22.6. The number of carbonyl (C=O) groups excluding carboxylic acids is 2. The van der Waals surface area contributed by atoms with Crippen LogP contribution in [-0.4, -0.2) is 61.1 Å². The highest BCUT2D eigenvalue weighted by atomic mass is 16.7. The highest BCUT2D eigenvalue weighted by molar-refractivity contribution is 5.66. The average molecular weight is 907 g/mol. The van der Waals surface area contributed by atoms with E-state index in [0.717, 1.165) is 90.3 Å². The van der Waals surface area contributed by atoms with Gasteiger partial charge in [-0.1, -0.05) is 101 Å². The molecule has 0 bridgehead atoms. The van der Waals surface area contributed by atoms with Gasteiger partial charge in [-0.15, -0.1) is 0 Å². The third-order valence-electron chi connectivity index (χ3n) is 22.6. The molecule has 0 aromatic carbocycles. The molecule has 0 amide bonds. The second-order valence-corrected chi connectivity index (χ2v) is 26.0. The second-order valence-electron chi connectivity index (χ2n) is 26.0. The fourth-order valence-corrected chi connectivity index (χ4v) is 19.2. The van der Waals surface area contributed by atoms with E-state index in [2.05, 4.69) is 67.5 Å². The molecule has 8 heteroatoms. The van der Waals surface area contributed by atoms with E-state index in [1.165, 1.54) is 36.8 Å². The number of carbonyl (C=O) groups is 2. The molecule has 4 saturated heterocycles. The predicted octanol–water partition coefficient (Wildman–Crippen LogP) is 12.2. The normalized spacial score (nSPS) is 53.4. The summed E-state index contributed by atoms with van der Waals surface area (Å²) in [5, 5.41) is 0. The Morgan fingerprint density at radius 3 is 1.35 bits per heavy atom. The number of allylic oxidation sites excluding steroid dienone is 6. The highest BCUT2D eigenvalue weighted by Crippen LogP contribution is 2.74. The fourth-order valence-electron chi connectivity index (χ4n) is 19.2. The summed E-state index contributed by atoms with van der Waals surface area (Å²) in [5.74, 6) is 2.78. The maximum absolute atomic E-state index is 12.5. The van der Waals surface area contributed by atoms with E-state index in [1.807, 2.05) is 0 Å². The van der Waals surface area contributed by atoms with Crippen molar-refractivity contribution in [3.63, 3.8) is 0 Å². The van der Waals surface area contributed by atoms with E-state index in [-0.39, 0.29) is 69.9 Å². The highest BCUT2D eigenvalue weighted by Gasteiger charge is 2.70. The largest absolute Gasteiger partial charge is 0.462 e. The van der Waals surface area contributed by atoms with Crippen LogP contribution in [0.2, 0.25) is 0 Å². The topological polar surface area (TPSA) is 89.5 Å². The first kappa shape index (κ1) is 44.9. The van der Waals surface area contributed by atoms with Gasteiger partial charge in [0.05, 0.1) is 25.4 Å². The van der Waals surface area contributed by atoms with E-state index < -0.39 is 11.6 Å². The predicted molar refractivity (Wildman–Crippen MR) is 252 cm³/mol. The van der Waals surface area contributed by atoms with E-state index in [4.69, 9.17) is 28.4 Å². The molecule has 2 spiro atoms. The van der Waals surface area contributed by atoms with Gasteiger partial charge in [-0.2, -0.15) is 0 Å². The lowest BCUT2D eigenvalue weighted by Gasteiger charge is -2.58. The Kier molecular flexibility index (Phi) is 10.3. The summed E-state index contributed by atoms with van der Waals surface area (Å²) in [5.41, 5.74) is 10.0. The van der Waals surface area contributed by atoms with Crippen molar-refractivity contribution in [3.05, 3.63) is 45.6 Å². The first-order valence-corrected chi connectivity index (χ1v) is 27.2. The monoisotopic (exact) mass is 907 g/mol. The van der Waals surface area contributed by atoms with Crippen molar-refractivity contribution in [2.24, 2.45) is 80.8 Å². The van der Waals surface area contributed by atoms with Gasteiger partial charge in [0.2, 0.25) is 0 Å². The summed E-state index contributed by atoms with van der Waals surface area (Å²) in [7, 11) is 0. The van der Waals surface area contributed by atoms with E-state index in [0.29, 0.717) is 47.3 Å². The molecule has 4 aliphatic heterocycles. The minimum atomic E-state index is -0.451. The lowest BCUT2D eigenvalue weighted by Crippen LogP contribution is -2.50. The van der Waals surface area contributed by atoms with Gasteiger partial charge in [-0.25, -0.2) is 0 Å². The van der Waals surface area contributed by atoms with Crippen LogP contribution in [0.1, 0.15) is 172 Å². The van der Waals surface area contributed by atoms with Gasteiger partial charge >= 0.3 is 11.9 Å². The summed E-state index contributed by atoms with van der Waals surface area (Å²) in [6, 6.07) is 0. The van der Waals surface area contributed by atoms with Crippen molar-refractivity contribution in [1.82, 2.24) is 0 Å². The molecule has 20 atom stereocenters. The lowest BCUT2D eigenvalue weighted by atomic mass is 9.47. The minimum absolute atomic E-state index is 0.0445. The van der Waals surface area contributed by atoms with Crippen LogP contribution in [0.15, 0.2) is 45.6 Å². The summed E-state index contributed by atoms with van der Waals surface area (Å²) >= 11 is 0. The van der Waals surface area contributed by atoms with Gasteiger partial charge in [-0.3, -0.25) is 9.59 Å². The molecule has 362 valence electrons. The smallest absolute Gasteiger partial charge is 0.302 e. The molecule has 0 aromatic heterocycles. The number of ether oxygens (including phenoxy) is 6. The fraction of sp³-hybridized carbons (Fsp3) is 0.828. The van der Waals surface area contributed by atoms with E-state index in [9.17, 15) is 9.59 Å². The standard InChI is InChI=1S/C58H82O8/c1-31-11-21-57(61-29-31)33(3)51-47(65-57)27-45-49-41(25-37-23-39(63-35(5)59)13-17-53(37,7)43(49)15-19-55(45,51)9)42-26-38-24-40(64-36(6)60)14-18-54(38,8)44-16-20-56(10)46(50(42)44)28-48-52(56)34(4)58(66-48)22-12-32(2)30-62-58/h25-26,31-34,39-42,45-48,51-52H,11-24,27-30H2,1-10H3/t31-,32-,33+,34+,39+,40+,41-,42-,45-,46+,47-,48+,51-,52+,53-,54+,55-,56+,57-,58-/m0/s1. The van der Waals surface area contributed by atoms with Crippen LogP contribution in [-0.2, 0) is 38.0 Å². The Hall–Kier alpha value is -2.26. The molecule has 0 radical (unpaired) electrons. The summed E-state index contributed by atoms with van der Waals surface area (Å²) < 4.78 is 40.5. The average Bonchev–Trinajstić information content (AvgIpc) is 3.92. The summed E-state index contributed by atoms with van der Waals surface area (Å²) in [6.07, 6.45) is 22.3. The third kappa shape index (κ3) is 6.20. The number of fused-ring (bicyclic) bond motifs is 12. The maximum Gasteiger partial charge on any atom is 0.302 e. The minimum Gasteiger partial charge on any atom is -0.462 e. The zero-order valence-corrected chi connectivity index (χ0v) is 42.2. The van der Waals surface area contributed by atoms with Crippen molar-refractivity contribution < 1.29 is 38.0 Å². The Labute approximate surface area is 396 Å². The molecule has 12 aliphatic rings. The van der Waals surface area contributed by atoms with Crippen molar-refractivity contribution in [1.29, 1.82) is 0 Å². The SMILES string of the molecule is CC(=O)O[C@@H]1CC[C@@]2(C)C(=C[C@@H]([C@@H]3C=C4C[C@H](OC(C)=O)CC[C@@]4(C)C4=C3[C@H]3C[C@H]5O[C@@]6(CC[C@H](C)CO6)[C@H](C)[C@H]5[C@]3(C)CC4)C3=C2CC[C@]2(C)[C@@H]4[C@H](C[C@@H]32)O[C@@]2(CC[C@H](C)CO2)[C@@H]4C)C1. The van der Waals surface area contributed by atoms with Crippen molar-refractivity contribution in [2.75, 3.05) is 13.2 Å². The zero-order valence-electron chi connectivity index (χ0n) is 42.2. The lowest BCUT2D eigenvalue weighted by molar-refractivity contribution is -0.271. The van der Waals surface area contributed by atoms with Crippen LogP contribution in [0, 0.1) is 80.8 Å². The van der Waals surface area contributed by atoms with E-state index in [1.54, 1.807) is 36.1 Å². The Morgan fingerprint density at radius 2 is 0.985 bits per heavy atom. The first-order valence-electron chi connectivity index (χ1n) is 27.2. The molecular weight excluding hydrogens is 825 g/mol. The molecule has 8 aliphatic carbocycles. The molecule has 12 rings (SSSR count). The van der Waals surface area contributed by atoms with Gasteiger partial charge in [0, 0.05) is 74.0 Å². The Balaban J connectivity index is 0.992. The molecule has 66 heavy (non-hydrogen) atoms. The molecule has 0 N–H and O–H groups in total. The maximum atomic E-state index is 12.5. The first-order chi connectivity index (χ1) is 31.3. The second kappa shape index (κ2) is 15.1. The van der Waals surface area contributed by atoms with E-state index >= 15 is 0 Å². The van der Waals surface area contributed by atoms with Gasteiger partial charge in [-0.05, 0) is 123 Å². The number of rotatable bonds is 3.